The Morgan fingerprint density at radius 1 is 1.25 bits per heavy atom. The number of halogens is 3. The normalized spacial score (nSPS) is 11.4. The fourth-order valence-corrected chi connectivity index (χ4v) is 2.34. The van der Waals surface area contributed by atoms with Gasteiger partial charge in [-0.25, -0.2) is 4.98 Å². The first-order valence-corrected chi connectivity index (χ1v) is 6.50. The van der Waals surface area contributed by atoms with E-state index in [2.05, 4.69) is 11.6 Å². The number of rotatable bonds is 3. The van der Waals surface area contributed by atoms with Crippen LogP contribution in [-0.4, -0.2) is 10.8 Å². The van der Waals surface area contributed by atoms with E-state index in [-0.39, 0.29) is 11.5 Å². The van der Waals surface area contributed by atoms with Gasteiger partial charge in [0.25, 0.3) is 0 Å². The van der Waals surface area contributed by atoms with Crippen molar-refractivity contribution in [2.24, 2.45) is 0 Å². The number of hydrogen-bond acceptors (Lipinski definition) is 3. The van der Waals surface area contributed by atoms with Crippen LogP contribution in [0.4, 0.5) is 13.2 Å². The van der Waals surface area contributed by atoms with Gasteiger partial charge in [0.2, 0.25) is 5.78 Å². The number of Topliss-reactive ketones (excluding diaryl/α,β-unsaturated/α-hetero) is 1. The molecule has 2 rings (SSSR count). The summed E-state index contributed by atoms with van der Waals surface area (Å²) in [4.78, 5) is 15.8. The van der Waals surface area contributed by atoms with Gasteiger partial charge >= 0.3 is 6.18 Å². The van der Waals surface area contributed by atoms with Crippen molar-refractivity contribution in [2.45, 2.75) is 13.1 Å². The minimum Gasteiger partial charge on any atom is -0.287 e. The van der Waals surface area contributed by atoms with Gasteiger partial charge < -0.3 is 0 Å². The van der Waals surface area contributed by atoms with E-state index in [9.17, 15) is 18.0 Å². The minimum atomic E-state index is -4.36. The predicted octanol–water partition coefficient (Wildman–Crippen LogP) is 4.59. The maximum absolute atomic E-state index is 12.5. The van der Waals surface area contributed by atoms with Crippen molar-refractivity contribution >= 4 is 17.1 Å². The minimum absolute atomic E-state index is 0.261. The number of thiazole rings is 1. The molecule has 2 nitrogen and oxygen atoms in total. The second-order valence-corrected chi connectivity index (χ2v) is 5.08. The molecule has 104 valence electrons. The summed E-state index contributed by atoms with van der Waals surface area (Å²) in [6, 6.07) is 4.68. The number of alkyl halides is 3. The Balaban J connectivity index is 2.29. The molecule has 0 spiro atoms. The first kappa shape index (κ1) is 14.5. The van der Waals surface area contributed by atoms with Gasteiger partial charge in [0.1, 0.15) is 10.7 Å². The molecule has 2 aromatic rings. The molecule has 1 aromatic carbocycles. The molecule has 0 unspecified atom stereocenters. The van der Waals surface area contributed by atoms with Crippen LogP contribution in [0.3, 0.4) is 0 Å². The van der Waals surface area contributed by atoms with Gasteiger partial charge in [-0.15, -0.1) is 11.3 Å². The summed E-state index contributed by atoms with van der Waals surface area (Å²) in [5, 5.41) is 2.08. The predicted molar refractivity (Wildman–Crippen MR) is 71.7 cm³/mol. The van der Waals surface area contributed by atoms with Gasteiger partial charge in [-0.05, 0) is 24.6 Å². The zero-order chi connectivity index (χ0) is 14.9. The molecule has 1 heterocycles. The molecule has 0 atom stereocenters. The smallest absolute Gasteiger partial charge is 0.287 e. The first-order valence-electron chi connectivity index (χ1n) is 5.62. The summed E-state index contributed by atoms with van der Waals surface area (Å²) < 4.78 is 37.4. The standard InChI is InChI=1S/C14H10F3NOS/c1-8(2)12(19)11-7-20-13(18-11)9-3-5-10(6-4-9)14(15,16)17/h3-7H,1H2,2H3. The molecular formula is C14H10F3NOS. The van der Waals surface area contributed by atoms with Gasteiger partial charge in [-0.1, -0.05) is 18.7 Å². The molecule has 1 aromatic heterocycles. The maximum Gasteiger partial charge on any atom is 0.416 e. The lowest BCUT2D eigenvalue weighted by molar-refractivity contribution is -0.137. The summed E-state index contributed by atoms with van der Waals surface area (Å²) in [7, 11) is 0. The quantitative estimate of drug-likeness (QED) is 0.612. The molecule has 0 aliphatic heterocycles. The Kier molecular flexibility index (Phi) is 3.76. The summed E-state index contributed by atoms with van der Waals surface area (Å²) in [6.45, 7) is 5.12. The molecule has 0 saturated carbocycles. The zero-order valence-electron chi connectivity index (χ0n) is 10.5. The highest BCUT2D eigenvalue weighted by atomic mass is 32.1. The highest BCUT2D eigenvalue weighted by molar-refractivity contribution is 7.13. The van der Waals surface area contributed by atoms with E-state index >= 15 is 0 Å². The molecule has 20 heavy (non-hydrogen) atoms. The number of aromatic nitrogens is 1. The maximum atomic E-state index is 12.5. The highest BCUT2D eigenvalue weighted by Gasteiger charge is 2.30. The number of allylic oxidation sites excluding steroid dienone is 1. The van der Waals surface area contributed by atoms with Gasteiger partial charge in [0, 0.05) is 10.9 Å². The second kappa shape index (κ2) is 5.20. The third-order valence-electron chi connectivity index (χ3n) is 2.58. The van der Waals surface area contributed by atoms with Gasteiger partial charge in [0.15, 0.2) is 0 Å². The molecule has 0 aliphatic carbocycles. The van der Waals surface area contributed by atoms with E-state index in [4.69, 9.17) is 0 Å². The van der Waals surface area contributed by atoms with E-state index < -0.39 is 11.7 Å². The van der Waals surface area contributed by atoms with Crippen molar-refractivity contribution < 1.29 is 18.0 Å². The molecule has 6 heteroatoms. The summed E-state index contributed by atoms with van der Waals surface area (Å²) >= 11 is 1.21. The SMILES string of the molecule is C=C(C)C(=O)c1csc(-c2ccc(C(F)(F)F)cc2)n1. The third-order valence-corrected chi connectivity index (χ3v) is 3.47. The zero-order valence-corrected chi connectivity index (χ0v) is 11.3. The van der Waals surface area contributed by atoms with Crippen molar-refractivity contribution in [3.8, 4) is 10.6 Å². The van der Waals surface area contributed by atoms with Crippen LogP contribution in [-0.2, 0) is 6.18 Å². The molecule has 0 radical (unpaired) electrons. The highest BCUT2D eigenvalue weighted by Crippen LogP contribution is 2.31. The topological polar surface area (TPSA) is 30.0 Å². The van der Waals surface area contributed by atoms with Crippen molar-refractivity contribution in [3.63, 3.8) is 0 Å². The second-order valence-electron chi connectivity index (χ2n) is 4.22. The van der Waals surface area contributed by atoms with E-state index in [1.54, 1.807) is 12.3 Å². The monoisotopic (exact) mass is 297 g/mol. The first-order chi connectivity index (χ1) is 9.29. The Labute approximate surface area is 117 Å². The average molecular weight is 297 g/mol. The van der Waals surface area contributed by atoms with Crippen molar-refractivity contribution in [2.75, 3.05) is 0 Å². The number of hydrogen-bond donors (Lipinski definition) is 0. The number of ketones is 1. The number of carbonyl (C=O) groups excluding carboxylic acids is 1. The molecule has 0 aliphatic rings. The lowest BCUT2D eigenvalue weighted by atomic mass is 10.1. The van der Waals surface area contributed by atoms with Crippen LogP contribution in [0.1, 0.15) is 23.0 Å². The van der Waals surface area contributed by atoms with E-state index in [1.165, 1.54) is 23.5 Å². The number of benzene rings is 1. The van der Waals surface area contributed by atoms with Crippen LogP contribution in [0.15, 0.2) is 41.8 Å². The van der Waals surface area contributed by atoms with Gasteiger partial charge in [-0.3, -0.25) is 4.79 Å². The van der Waals surface area contributed by atoms with E-state index in [0.29, 0.717) is 16.1 Å². The van der Waals surface area contributed by atoms with Gasteiger partial charge in [0.05, 0.1) is 5.56 Å². The van der Waals surface area contributed by atoms with Crippen LogP contribution >= 0.6 is 11.3 Å². The molecule has 0 N–H and O–H groups in total. The van der Waals surface area contributed by atoms with Gasteiger partial charge in [-0.2, -0.15) is 13.2 Å². The third kappa shape index (κ3) is 2.96. The lowest BCUT2D eigenvalue weighted by Gasteiger charge is -2.06. The van der Waals surface area contributed by atoms with Crippen LogP contribution in [0.2, 0.25) is 0 Å². The Hall–Kier alpha value is -1.95. The van der Waals surface area contributed by atoms with Crippen LogP contribution < -0.4 is 0 Å². The Morgan fingerprint density at radius 2 is 1.85 bits per heavy atom. The lowest BCUT2D eigenvalue weighted by Crippen LogP contribution is -2.04. The summed E-state index contributed by atoms with van der Waals surface area (Å²) in [6.07, 6.45) is -4.36. The summed E-state index contributed by atoms with van der Waals surface area (Å²) in [5.41, 5.74) is 0.464. The number of nitrogens with zero attached hydrogens (tertiary/aromatic N) is 1. The Morgan fingerprint density at radius 3 is 2.35 bits per heavy atom. The molecular weight excluding hydrogens is 287 g/mol. The largest absolute Gasteiger partial charge is 0.416 e. The molecule has 0 saturated heterocycles. The van der Waals surface area contributed by atoms with Crippen LogP contribution in [0, 0.1) is 0 Å². The Bertz CT molecular complexity index is 656. The molecule has 0 amide bonds. The fourth-order valence-electron chi connectivity index (χ4n) is 1.53. The van der Waals surface area contributed by atoms with Crippen LogP contribution in [0.25, 0.3) is 10.6 Å². The van der Waals surface area contributed by atoms with Crippen molar-refractivity contribution in [1.82, 2.24) is 4.98 Å². The molecule has 0 fully saturated rings. The average Bonchev–Trinajstić information content (AvgIpc) is 2.86. The van der Waals surface area contributed by atoms with E-state index in [0.717, 1.165) is 12.1 Å². The van der Waals surface area contributed by atoms with Crippen molar-refractivity contribution in [3.05, 3.63) is 53.1 Å². The summed E-state index contributed by atoms with van der Waals surface area (Å²) in [5.74, 6) is -0.264. The molecule has 0 bridgehead atoms. The van der Waals surface area contributed by atoms with Crippen LogP contribution in [0.5, 0.6) is 0 Å². The van der Waals surface area contributed by atoms with E-state index in [1.807, 2.05) is 0 Å². The number of carbonyl (C=O) groups is 1. The van der Waals surface area contributed by atoms with Crippen molar-refractivity contribution in [1.29, 1.82) is 0 Å². The fraction of sp³-hybridized carbons (Fsp3) is 0.143.